The number of benzene rings is 1. The lowest BCUT2D eigenvalue weighted by atomic mass is 9.99. The first kappa shape index (κ1) is 14.2. The van der Waals surface area contributed by atoms with Gasteiger partial charge in [0, 0.05) is 18.5 Å². The predicted molar refractivity (Wildman–Crippen MR) is 88.5 cm³/mol. The molecule has 0 saturated heterocycles. The van der Waals surface area contributed by atoms with Gasteiger partial charge in [-0.25, -0.2) is 4.98 Å². The van der Waals surface area contributed by atoms with E-state index in [1.165, 1.54) is 47.9 Å². The summed E-state index contributed by atoms with van der Waals surface area (Å²) in [6, 6.07) is 4.45. The summed E-state index contributed by atoms with van der Waals surface area (Å²) in [5.41, 5.74) is 12.4. The number of aromatic nitrogens is 2. The third-order valence-electron chi connectivity index (χ3n) is 4.99. The molecule has 3 rings (SSSR count). The van der Waals surface area contributed by atoms with E-state index in [0.29, 0.717) is 5.92 Å². The van der Waals surface area contributed by atoms with Crippen molar-refractivity contribution in [3.8, 4) is 11.3 Å². The van der Waals surface area contributed by atoms with E-state index in [1.54, 1.807) is 0 Å². The molecular formula is C18H25N3. The van der Waals surface area contributed by atoms with E-state index in [4.69, 9.17) is 10.7 Å². The van der Waals surface area contributed by atoms with Crippen molar-refractivity contribution in [2.45, 2.75) is 52.4 Å². The van der Waals surface area contributed by atoms with E-state index < -0.39 is 0 Å². The van der Waals surface area contributed by atoms with Gasteiger partial charge >= 0.3 is 0 Å². The van der Waals surface area contributed by atoms with Crippen molar-refractivity contribution in [2.75, 3.05) is 5.73 Å². The molecule has 2 N–H and O–H groups in total. The van der Waals surface area contributed by atoms with Crippen LogP contribution in [0.2, 0.25) is 0 Å². The molecule has 1 aromatic heterocycles. The minimum atomic E-state index is 0.581. The molecule has 0 unspecified atom stereocenters. The quantitative estimate of drug-likeness (QED) is 0.895. The van der Waals surface area contributed by atoms with Gasteiger partial charge in [-0.1, -0.05) is 18.9 Å². The molecule has 1 saturated carbocycles. The van der Waals surface area contributed by atoms with Crippen molar-refractivity contribution in [2.24, 2.45) is 7.05 Å². The number of imidazole rings is 1. The number of hydrogen-bond donors (Lipinski definition) is 1. The second-order valence-electron chi connectivity index (χ2n) is 6.50. The van der Waals surface area contributed by atoms with E-state index >= 15 is 0 Å². The molecule has 3 nitrogen and oxygen atoms in total. The van der Waals surface area contributed by atoms with Crippen molar-refractivity contribution in [3.05, 3.63) is 34.6 Å². The zero-order chi connectivity index (χ0) is 15.1. The molecule has 112 valence electrons. The SMILES string of the molecule is Cc1cc(C)c(-c2nc(C3CCCC3)n(C)c2N)cc1C. The number of rotatable bonds is 2. The summed E-state index contributed by atoms with van der Waals surface area (Å²) in [6.07, 6.45) is 5.12. The summed E-state index contributed by atoms with van der Waals surface area (Å²) in [4.78, 5) is 4.93. The number of anilines is 1. The maximum absolute atomic E-state index is 6.36. The van der Waals surface area contributed by atoms with Crippen LogP contribution < -0.4 is 5.73 Å². The number of hydrogen-bond acceptors (Lipinski definition) is 2. The third kappa shape index (κ3) is 2.35. The molecule has 0 atom stereocenters. The fraction of sp³-hybridized carbons (Fsp3) is 0.500. The number of nitrogens with zero attached hydrogens (tertiary/aromatic N) is 2. The molecule has 21 heavy (non-hydrogen) atoms. The molecular weight excluding hydrogens is 258 g/mol. The monoisotopic (exact) mass is 283 g/mol. The van der Waals surface area contributed by atoms with Gasteiger partial charge in [0.05, 0.1) is 0 Å². The molecule has 0 aliphatic heterocycles. The topological polar surface area (TPSA) is 43.8 Å². The molecule has 1 aromatic carbocycles. The normalized spacial score (nSPS) is 15.8. The van der Waals surface area contributed by atoms with Gasteiger partial charge in [-0.3, -0.25) is 0 Å². The zero-order valence-corrected chi connectivity index (χ0v) is 13.5. The minimum Gasteiger partial charge on any atom is -0.383 e. The fourth-order valence-electron chi connectivity index (χ4n) is 3.49. The van der Waals surface area contributed by atoms with Gasteiger partial charge in [0.25, 0.3) is 0 Å². The largest absolute Gasteiger partial charge is 0.383 e. The smallest absolute Gasteiger partial charge is 0.131 e. The summed E-state index contributed by atoms with van der Waals surface area (Å²) in [7, 11) is 2.05. The maximum Gasteiger partial charge on any atom is 0.131 e. The second kappa shape index (κ2) is 5.21. The standard InChI is InChI=1S/C18H25N3/c1-11-9-13(3)15(10-12(11)2)16-17(19)21(4)18(20-16)14-7-5-6-8-14/h9-10,14H,5-8,19H2,1-4H3. The van der Waals surface area contributed by atoms with Gasteiger partial charge in [-0.15, -0.1) is 0 Å². The van der Waals surface area contributed by atoms with Crippen molar-refractivity contribution >= 4 is 5.82 Å². The van der Waals surface area contributed by atoms with Crippen molar-refractivity contribution in [1.82, 2.24) is 9.55 Å². The van der Waals surface area contributed by atoms with Gasteiger partial charge in [0.2, 0.25) is 0 Å². The first-order valence-corrected chi connectivity index (χ1v) is 7.89. The summed E-state index contributed by atoms with van der Waals surface area (Å²) < 4.78 is 2.10. The van der Waals surface area contributed by atoms with Crippen LogP contribution in [0.4, 0.5) is 5.82 Å². The predicted octanol–water partition coefficient (Wildman–Crippen LogP) is 4.25. The van der Waals surface area contributed by atoms with Gasteiger partial charge in [0.15, 0.2) is 0 Å². The first-order valence-electron chi connectivity index (χ1n) is 7.89. The maximum atomic E-state index is 6.36. The van der Waals surface area contributed by atoms with Crippen LogP contribution in [-0.2, 0) is 7.05 Å². The Kier molecular flexibility index (Phi) is 3.52. The van der Waals surface area contributed by atoms with Gasteiger partial charge in [-0.2, -0.15) is 0 Å². The molecule has 1 aliphatic rings. The lowest BCUT2D eigenvalue weighted by molar-refractivity contribution is 0.635. The number of nitrogens with two attached hydrogens (primary N) is 1. The van der Waals surface area contributed by atoms with E-state index in [-0.39, 0.29) is 0 Å². The molecule has 0 amide bonds. The van der Waals surface area contributed by atoms with Crippen LogP contribution >= 0.6 is 0 Å². The molecule has 0 spiro atoms. The van der Waals surface area contributed by atoms with Crippen LogP contribution in [0.15, 0.2) is 12.1 Å². The van der Waals surface area contributed by atoms with Gasteiger partial charge < -0.3 is 10.3 Å². The van der Waals surface area contributed by atoms with Crippen molar-refractivity contribution in [1.29, 1.82) is 0 Å². The van der Waals surface area contributed by atoms with Crippen molar-refractivity contribution < 1.29 is 0 Å². The minimum absolute atomic E-state index is 0.581. The molecule has 2 aromatic rings. The Morgan fingerprint density at radius 3 is 2.33 bits per heavy atom. The van der Waals surface area contributed by atoms with Crippen LogP contribution in [0.25, 0.3) is 11.3 Å². The summed E-state index contributed by atoms with van der Waals surface area (Å²) in [5.74, 6) is 2.54. The summed E-state index contributed by atoms with van der Waals surface area (Å²) in [5, 5.41) is 0. The molecule has 1 heterocycles. The Labute approximate surface area is 127 Å². The number of aryl methyl sites for hydroxylation is 3. The van der Waals surface area contributed by atoms with Gasteiger partial charge in [-0.05, 0) is 56.4 Å². The fourth-order valence-corrected chi connectivity index (χ4v) is 3.49. The number of nitrogen functional groups attached to an aromatic ring is 1. The van der Waals surface area contributed by atoms with Crippen LogP contribution in [0.3, 0.4) is 0 Å². The third-order valence-corrected chi connectivity index (χ3v) is 4.99. The van der Waals surface area contributed by atoms with Crippen LogP contribution in [0.1, 0.15) is 54.1 Å². The lowest BCUT2D eigenvalue weighted by Crippen LogP contribution is -2.05. The molecule has 0 bridgehead atoms. The zero-order valence-electron chi connectivity index (χ0n) is 13.5. The van der Waals surface area contributed by atoms with E-state index in [2.05, 4.69) is 44.5 Å². The Morgan fingerprint density at radius 1 is 1.05 bits per heavy atom. The summed E-state index contributed by atoms with van der Waals surface area (Å²) >= 11 is 0. The first-order chi connectivity index (χ1) is 9.99. The highest BCUT2D eigenvalue weighted by Crippen LogP contribution is 2.37. The Hall–Kier alpha value is -1.77. The average Bonchev–Trinajstić information content (AvgIpc) is 3.05. The Bertz CT molecular complexity index is 676. The molecule has 1 fully saturated rings. The van der Waals surface area contributed by atoms with Crippen molar-refractivity contribution in [3.63, 3.8) is 0 Å². The van der Waals surface area contributed by atoms with E-state index in [9.17, 15) is 0 Å². The molecule has 3 heteroatoms. The van der Waals surface area contributed by atoms with Crippen LogP contribution in [-0.4, -0.2) is 9.55 Å². The van der Waals surface area contributed by atoms with E-state index in [0.717, 1.165) is 17.3 Å². The highest BCUT2D eigenvalue weighted by atomic mass is 15.1. The van der Waals surface area contributed by atoms with E-state index in [1.807, 2.05) is 0 Å². The van der Waals surface area contributed by atoms with Gasteiger partial charge in [0.1, 0.15) is 17.3 Å². The highest BCUT2D eigenvalue weighted by Gasteiger charge is 2.24. The van der Waals surface area contributed by atoms with Crippen LogP contribution in [0.5, 0.6) is 0 Å². The van der Waals surface area contributed by atoms with Crippen LogP contribution in [0, 0.1) is 20.8 Å². The lowest BCUT2D eigenvalue weighted by Gasteiger charge is -2.09. The summed E-state index contributed by atoms with van der Waals surface area (Å²) in [6.45, 7) is 6.44. The second-order valence-corrected chi connectivity index (χ2v) is 6.50. The average molecular weight is 283 g/mol. The highest BCUT2D eigenvalue weighted by molar-refractivity contribution is 5.74. The molecule has 1 aliphatic carbocycles. The molecule has 0 radical (unpaired) electrons. The Balaban J connectivity index is 2.11. The Morgan fingerprint density at radius 2 is 1.67 bits per heavy atom.